The van der Waals surface area contributed by atoms with Gasteiger partial charge >= 0.3 is 0 Å². The predicted molar refractivity (Wildman–Crippen MR) is 173 cm³/mol. The molecule has 5 rings (SSSR count). The monoisotopic (exact) mass is 1000 g/mol. The van der Waals surface area contributed by atoms with Crippen molar-refractivity contribution in [2.45, 2.75) is 24.5 Å². The van der Waals surface area contributed by atoms with E-state index in [9.17, 15) is 87.8 Å². The summed E-state index contributed by atoms with van der Waals surface area (Å²) in [5.74, 6) is -30.1. The molecule has 0 saturated carbocycles. The van der Waals surface area contributed by atoms with Crippen molar-refractivity contribution in [3.63, 3.8) is 0 Å². The van der Waals surface area contributed by atoms with E-state index in [1.54, 1.807) is 0 Å². The molecule has 0 aromatic heterocycles. The molecule has 335 valence electrons. The Bertz CT molecular complexity index is 1720. The molecule has 0 heterocycles. The van der Waals surface area contributed by atoms with Gasteiger partial charge in [0.2, 0.25) is 0 Å². The topological polar surface area (TPSA) is 0 Å². The third kappa shape index (κ3) is 16.1. The first-order valence-electron chi connectivity index (χ1n) is 12.7. The van der Waals surface area contributed by atoms with Crippen LogP contribution in [-0.2, 0) is 0 Å². The minimum absolute atomic E-state index is 0. The van der Waals surface area contributed by atoms with Crippen LogP contribution in [0, 0.1) is 116 Å². The molecule has 0 nitrogen and oxygen atoms in total. The summed E-state index contributed by atoms with van der Waals surface area (Å²) in [5.41, 5.74) is 0. The standard InChI is InChI=1S/5C6HF4S.5FH/c5*7-2-1-3(8)5(10)6(11)4(2)9;;;;;/h5*1H;5*1H. The molecule has 0 N–H and O–H groups in total. The van der Waals surface area contributed by atoms with Crippen molar-refractivity contribution in [1.29, 1.82) is 0 Å². The fraction of sp³-hybridized carbons (Fsp3) is 0. The summed E-state index contributed by atoms with van der Waals surface area (Å²) in [7, 11) is 0. The molecule has 0 saturated heterocycles. The summed E-state index contributed by atoms with van der Waals surface area (Å²) in [6, 6.07) is 0.558. The van der Waals surface area contributed by atoms with Gasteiger partial charge in [-0.2, -0.15) is 0 Å². The number of rotatable bonds is 0. The van der Waals surface area contributed by atoms with Crippen molar-refractivity contribution in [2.75, 3.05) is 0 Å². The van der Waals surface area contributed by atoms with Crippen molar-refractivity contribution in [3.8, 4) is 0 Å². The molecule has 0 unspecified atom stereocenters. The van der Waals surface area contributed by atoms with Crippen LogP contribution in [0.5, 0.6) is 0 Å². The van der Waals surface area contributed by atoms with Gasteiger partial charge in [-0.25, -0.2) is 87.8 Å². The van der Waals surface area contributed by atoms with Gasteiger partial charge in [-0.3, -0.25) is 23.5 Å². The average Bonchev–Trinajstić information content (AvgIpc) is 3.14. The average molecular weight is 1010 g/mol. The summed E-state index contributed by atoms with van der Waals surface area (Å²) in [4.78, 5) is -5.27. The first kappa shape index (κ1) is 64.6. The van der Waals surface area contributed by atoms with E-state index in [0.717, 1.165) is 0 Å². The van der Waals surface area contributed by atoms with E-state index in [1.165, 1.54) is 0 Å². The third-order valence-corrected chi connectivity index (χ3v) is 7.15. The molecule has 0 amide bonds. The van der Waals surface area contributed by atoms with E-state index >= 15 is 0 Å². The molecular weight excluding hydrogens is 996 g/mol. The molecule has 0 aliphatic carbocycles. The molecule has 0 aliphatic rings. The highest BCUT2D eigenvalue weighted by atomic mass is 32.1. The smallest absolute Gasteiger partial charge is 0.180 e. The first-order valence-corrected chi connectivity index (χ1v) is 14.7. The Morgan fingerprint density at radius 1 is 0.183 bits per heavy atom. The summed E-state index contributed by atoms with van der Waals surface area (Å²) >= 11 is 20.2. The van der Waals surface area contributed by atoms with Crippen LogP contribution < -0.4 is 0 Å². The lowest BCUT2D eigenvalue weighted by atomic mass is 10.3. The van der Waals surface area contributed by atoms with Gasteiger partial charge in [0.1, 0.15) is 24.5 Å². The fourth-order valence-corrected chi connectivity index (χ4v) is 3.73. The molecule has 0 fully saturated rings. The van der Waals surface area contributed by atoms with Crippen LogP contribution in [0.3, 0.4) is 0 Å². The zero-order valence-electron chi connectivity index (χ0n) is 27.0. The summed E-state index contributed by atoms with van der Waals surface area (Å²) in [6.07, 6.45) is 0. The second-order valence-electron chi connectivity index (χ2n) is 8.99. The number of halogens is 25. The molecule has 60 heavy (non-hydrogen) atoms. The van der Waals surface area contributed by atoms with Gasteiger partial charge in [0.15, 0.2) is 116 Å². The lowest BCUT2D eigenvalue weighted by molar-refractivity contribution is 0.426. The molecule has 0 atom stereocenters. The van der Waals surface area contributed by atoms with Crippen molar-refractivity contribution in [1.82, 2.24) is 0 Å². The van der Waals surface area contributed by atoms with Crippen LogP contribution in [0.4, 0.5) is 111 Å². The zero-order valence-corrected chi connectivity index (χ0v) is 31.1. The van der Waals surface area contributed by atoms with Crippen molar-refractivity contribution >= 4 is 63.1 Å². The van der Waals surface area contributed by atoms with E-state index in [0.29, 0.717) is 0 Å². The molecular formula is C30H10F25S5. The van der Waals surface area contributed by atoms with E-state index in [2.05, 4.69) is 63.1 Å². The minimum atomic E-state index is -1.53. The molecule has 30 heteroatoms. The van der Waals surface area contributed by atoms with Gasteiger partial charge in [-0.15, -0.1) is 0 Å². The van der Waals surface area contributed by atoms with Crippen LogP contribution >= 0.6 is 63.1 Å². The van der Waals surface area contributed by atoms with Crippen LogP contribution in [0.15, 0.2) is 54.8 Å². The van der Waals surface area contributed by atoms with E-state index in [-0.39, 0.29) is 53.9 Å². The van der Waals surface area contributed by atoms with Crippen molar-refractivity contribution in [3.05, 3.63) is 147 Å². The third-order valence-electron chi connectivity index (χ3n) is 5.36. The summed E-state index contributed by atoms with van der Waals surface area (Å²) in [5, 5.41) is 0. The van der Waals surface area contributed by atoms with Gasteiger partial charge in [-0.05, 0) is 0 Å². The van der Waals surface area contributed by atoms with Gasteiger partial charge in [-0.1, -0.05) is 63.1 Å². The lowest BCUT2D eigenvalue weighted by Crippen LogP contribution is -1.94. The number of benzene rings is 5. The normalized spacial score (nSPS) is 9.33. The highest BCUT2D eigenvalue weighted by molar-refractivity contribution is 7.81. The van der Waals surface area contributed by atoms with E-state index in [4.69, 9.17) is 0 Å². The van der Waals surface area contributed by atoms with Crippen LogP contribution in [0.1, 0.15) is 0 Å². The van der Waals surface area contributed by atoms with Gasteiger partial charge in [0.05, 0.1) is 0 Å². The maximum absolute atomic E-state index is 12.3. The maximum atomic E-state index is 12.3. The molecule has 0 spiro atoms. The van der Waals surface area contributed by atoms with Gasteiger partial charge < -0.3 is 0 Å². The molecule has 0 aliphatic heterocycles. The number of hydrogen-bond donors (Lipinski definition) is 0. The van der Waals surface area contributed by atoms with Crippen LogP contribution in [-0.4, -0.2) is 0 Å². The zero-order chi connectivity index (χ0) is 43.0. The SMILES string of the molecule is F.F.F.F.F.Fc1cc(F)c(F)c([S])c1F.Fc1cc(F)c(F)c([S])c1F.Fc1cc(F)c(F)c([S])c1F.Fc1cc(F)c(F)c([S])c1F.Fc1cc(F)c(F)c([S])c1F. The molecule has 5 aromatic rings. The Morgan fingerprint density at radius 2 is 0.250 bits per heavy atom. The van der Waals surface area contributed by atoms with Gasteiger partial charge in [0, 0.05) is 30.3 Å². The second kappa shape index (κ2) is 27.3. The Kier molecular flexibility index (Phi) is 29.4. The molecule has 0 bridgehead atoms. The van der Waals surface area contributed by atoms with Crippen molar-refractivity contribution < 1.29 is 111 Å². The van der Waals surface area contributed by atoms with Gasteiger partial charge in [0.25, 0.3) is 0 Å². The predicted octanol–water partition coefficient (Wildman–Crippen LogP) is 14.8. The Hall–Kier alpha value is -4.55. The highest BCUT2D eigenvalue weighted by Gasteiger charge is 2.20. The second-order valence-corrected chi connectivity index (χ2v) is 11.0. The quantitative estimate of drug-likeness (QED) is 0.107. The van der Waals surface area contributed by atoms with Crippen LogP contribution in [0.2, 0.25) is 0 Å². The highest BCUT2D eigenvalue weighted by Crippen LogP contribution is 2.25. The molecule has 5 aromatic carbocycles. The number of hydrogen-bond acceptors (Lipinski definition) is 0. The van der Waals surface area contributed by atoms with E-state index < -0.39 is 141 Å². The Labute approximate surface area is 344 Å². The maximum Gasteiger partial charge on any atom is 0.180 e. The fourth-order valence-electron chi connectivity index (χ4n) is 2.76. The summed E-state index contributed by atoms with van der Waals surface area (Å²) in [6.45, 7) is 0. The molecule has 5 radical (unpaired) electrons. The minimum Gasteiger partial charge on any atom is -0.269 e. The lowest BCUT2D eigenvalue weighted by Gasteiger charge is -1.97. The Morgan fingerprint density at radius 3 is 0.317 bits per heavy atom. The van der Waals surface area contributed by atoms with E-state index in [1.807, 2.05) is 0 Å². The first-order chi connectivity index (χ1) is 25.2. The van der Waals surface area contributed by atoms with Crippen LogP contribution in [0.25, 0.3) is 0 Å². The summed E-state index contributed by atoms with van der Waals surface area (Å²) < 4.78 is 245. The Balaban J connectivity index is -0.000000206. The largest absolute Gasteiger partial charge is 0.269 e. The van der Waals surface area contributed by atoms with Crippen molar-refractivity contribution in [2.24, 2.45) is 0 Å².